The number of hydrogen-bond acceptors (Lipinski definition) is 3. The van der Waals surface area contributed by atoms with E-state index in [0.717, 1.165) is 5.69 Å². The molecule has 0 aliphatic carbocycles. The Balaban J connectivity index is 2.55. The molecule has 0 bridgehead atoms. The van der Waals surface area contributed by atoms with Gasteiger partial charge in [-0.3, -0.25) is 0 Å². The van der Waals surface area contributed by atoms with Gasteiger partial charge in [-0.15, -0.1) is 0 Å². The van der Waals surface area contributed by atoms with Crippen molar-refractivity contribution in [1.29, 1.82) is 0 Å². The Hall–Kier alpha value is -1.49. The number of benzene rings is 1. The fraction of sp³-hybridized carbons (Fsp3) is 0.167. The molecular formula is C12H11BrFN3. The van der Waals surface area contributed by atoms with Crippen molar-refractivity contribution in [3.05, 3.63) is 40.2 Å². The van der Waals surface area contributed by atoms with Crippen LogP contribution in [0.4, 0.5) is 10.2 Å². The maximum Gasteiger partial charge on any atom is 0.161 e. The number of rotatable bonds is 2. The Kier molecular flexibility index (Phi) is 3.38. The van der Waals surface area contributed by atoms with Crippen LogP contribution in [-0.2, 0) is 0 Å². The van der Waals surface area contributed by atoms with Crippen molar-refractivity contribution in [1.82, 2.24) is 9.97 Å². The Bertz CT molecular complexity index is 537. The SMILES string of the molecule is CNc1cc(C)nc(-c2cc(F)cc(Br)c2)n1. The van der Waals surface area contributed by atoms with Crippen LogP contribution >= 0.6 is 15.9 Å². The van der Waals surface area contributed by atoms with Crippen molar-refractivity contribution in [2.24, 2.45) is 0 Å². The zero-order valence-electron chi connectivity index (χ0n) is 9.46. The van der Waals surface area contributed by atoms with Crippen LogP contribution in [0.2, 0.25) is 0 Å². The van der Waals surface area contributed by atoms with Crippen LogP contribution in [0.5, 0.6) is 0 Å². The van der Waals surface area contributed by atoms with Gasteiger partial charge in [0.1, 0.15) is 11.6 Å². The fourth-order valence-electron chi connectivity index (χ4n) is 1.51. The Morgan fingerprint density at radius 2 is 1.94 bits per heavy atom. The standard InChI is InChI=1S/C12H11BrFN3/c1-7-3-11(15-2)17-12(16-7)8-4-9(13)6-10(14)5-8/h3-6H,1-2H3,(H,15,16,17). The van der Waals surface area contributed by atoms with Crippen molar-refractivity contribution in [2.75, 3.05) is 12.4 Å². The highest BCUT2D eigenvalue weighted by Crippen LogP contribution is 2.23. The van der Waals surface area contributed by atoms with Crippen molar-refractivity contribution in [3.63, 3.8) is 0 Å². The maximum atomic E-state index is 13.3. The summed E-state index contributed by atoms with van der Waals surface area (Å²) in [6, 6.07) is 6.44. The van der Waals surface area contributed by atoms with Gasteiger partial charge in [0.05, 0.1) is 0 Å². The highest BCUT2D eigenvalue weighted by Gasteiger charge is 2.07. The van der Waals surface area contributed by atoms with Crippen LogP contribution in [0.15, 0.2) is 28.7 Å². The molecule has 0 unspecified atom stereocenters. The topological polar surface area (TPSA) is 37.8 Å². The van der Waals surface area contributed by atoms with Crippen LogP contribution in [-0.4, -0.2) is 17.0 Å². The van der Waals surface area contributed by atoms with E-state index in [9.17, 15) is 4.39 Å². The Morgan fingerprint density at radius 1 is 1.18 bits per heavy atom. The second-order valence-corrected chi connectivity index (χ2v) is 4.54. The molecular weight excluding hydrogens is 285 g/mol. The van der Waals surface area contributed by atoms with Crippen LogP contribution < -0.4 is 5.32 Å². The number of halogens is 2. The number of aromatic nitrogens is 2. The normalized spacial score (nSPS) is 10.4. The molecule has 0 fully saturated rings. The summed E-state index contributed by atoms with van der Waals surface area (Å²) in [5.74, 6) is 0.910. The Labute approximate surface area is 107 Å². The fourth-order valence-corrected chi connectivity index (χ4v) is 1.97. The lowest BCUT2D eigenvalue weighted by Gasteiger charge is -2.06. The molecule has 0 saturated heterocycles. The summed E-state index contributed by atoms with van der Waals surface area (Å²) < 4.78 is 14.0. The summed E-state index contributed by atoms with van der Waals surface area (Å²) in [7, 11) is 1.78. The van der Waals surface area contributed by atoms with Gasteiger partial charge in [-0.1, -0.05) is 15.9 Å². The second-order valence-electron chi connectivity index (χ2n) is 3.63. The van der Waals surface area contributed by atoms with Gasteiger partial charge in [-0.25, -0.2) is 14.4 Å². The third kappa shape index (κ3) is 2.79. The highest BCUT2D eigenvalue weighted by molar-refractivity contribution is 9.10. The molecule has 0 amide bonds. The molecule has 0 radical (unpaired) electrons. The second kappa shape index (κ2) is 4.79. The lowest BCUT2D eigenvalue weighted by molar-refractivity contribution is 0.627. The summed E-state index contributed by atoms with van der Waals surface area (Å²) in [5, 5.41) is 2.95. The van der Waals surface area contributed by atoms with Gasteiger partial charge in [0.15, 0.2) is 5.82 Å². The number of nitrogens with zero attached hydrogens (tertiary/aromatic N) is 2. The summed E-state index contributed by atoms with van der Waals surface area (Å²) in [6.45, 7) is 1.88. The summed E-state index contributed by atoms with van der Waals surface area (Å²) in [6.07, 6.45) is 0. The quantitative estimate of drug-likeness (QED) is 0.923. The minimum absolute atomic E-state index is 0.314. The van der Waals surface area contributed by atoms with E-state index in [1.807, 2.05) is 13.0 Å². The molecule has 2 aromatic rings. The molecule has 0 saturated carbocycles. The van der Waals surface area contributed by atoms with E-state index < -0.39 is 0 Å². The molecule has 1 aromatic carbocycles. The number of hydrogen-bond donors (Lipinski definition) is 1. The van der Waals surface area contributed by atoms with Crippen molar-refractivity contribution >= 4 is 21.7 Å². The molecule has 0 spiro atoms. The predicted molar refractivity (Wildman–Crippen MR) is 69.4 cm³/mol. The van der Waals surface area contributed by atoms with Gasteiger partial charge >= 0.3 is 0 Å². The first kappa shape index (κ1) is 12.0. The van der Waals surface area contributed by atoms with Crippen molar-refractivity contribution in [3.8, 4) is 11.4 Å². The predicted octanol–water partition coefficient (Wildman–Crippen LogP) is 3.40. The van der Waals surface area contributed by atoms with E-state index in [-0.39, 0.29) is 5.82 Å². The average Bonchev–Trinajstić information content (AvgIpc) is 2.26. The largest absolute Gasteiger partial charge is 0.373 e. The third-order valence-corrected chi connectivity index (χ3v) is 2.69. The van der Waals surface area contributed by atoms with E-state index >= 15 is 0 Å². The molecule has 2 rings (SSSR count). The highest BCUT2D eigenvalue weighted by atomic mass is 79.9. The van der Waals surface area contributed by atoms with Gasteiger partial charge in [0.25, 0.3) is 0 Å². The van der Waals surface area contributed by atoms with Crippen molar-refractivity contribution < 1.29 is 4.39 Å². The van der Waals surface area contributed by atoms with E-state index in [0.29, 0.717) is 21.7 Å². The van der Waals surface area contributed by atoms with Crippen LogP contribution in [0, 0.1) is 12.7 Å². The zero-order valence-corrected chi connectivity index (χ0v) is 11.0. The third-order valence-electron chi connectivity index (χ3n) is 2.23. The first-order valence-electron chi connectivity index (χ1n) is 5.08. The molecule has 3 nitrogen and oxygen atoms in total. The minimum Gasteiger partial charge on any atom is -0.373 e. The van der Waals surface area contributed by atoms with E-state index in [2.05, 4.69) is 31.2 Å². The molecule has 5 heteroatoms. The number of nitrogens with one attached hydrogen (secondary N) is 1. The molecule has 0 aliphatic heterocycles. The van der Waals surface area contributed by atoms with E-state index in [4.69, 9.17) is 0 Å². The van der Waals surface area contributed by atoms with Crippen LogP contribution in [0.25, 0.3) is 11.4 Å². The van der Waals surface area contributed by atoms with Gasteiger partial charge in [-0.05, 0) is 25.1 Å². The average molecular weight is 296 g/mol. The molecule has 17 heavy (non-hydrogen) atoms. The lowest BCUT2D eigenvalue weighted by atomic mass is 10.2. The Morgan fingerprint density at radius 3 is 2.59 bits per heavy atom. The molecule has 1 aromatic heterocycles. The zero-order chi connectivity index (χ0) is 12.4. The molecule has 0 atom stereocenters. The van der Waals surface area contributed by atoms with Gasteiger partial charge < -0.3 is 5.32 Å². The summed E-state index contributed by atoms with van der Waals surface area (Å²) >= 11 is 3.25. The minimum atomic E-state index is -0.314. The molecule has 1 N–H and O–H groups in total. The van der Waals surface area contributed by atoms with Crippen molar-refractivity contribution in [2.45, 2.75) is 6.92 Å². The summed E-state index contributed by atoms with van der Waals surface area (Å²) in [5.41, 5.74) is 1.48. The number of anilines is 1. The van der Waals surface area contributed by atoms with Crippen LogP contribution in [0.1, 0.15) is 5.69 Å². The van der Waals surface area contributed by atoms with Gasteiger partial charge in [0, 0.05) is 28.8 Å². The van der Waals surface area contributed by atoms with Gasteiger partial charge in [0.2, 0.25) is 0 Å². The monoisotopic (exact) mass is 295 g/mol. The van der Waals surface area contributed by atoms with Gasteiger partial charge in [-0.2, -0.15) is 0 Å². The maximum absolute atomic E-state index is 13.3. The molecule has 88 valence electrons. The number of aryl methyl sites for hydroxylation is 1. The molecule has 1 heterocycles. The summed E-state index contributed by atoms with van der Waals surface area (Å²) in [4.78, 5) is 8.59. The van der Waals surface area contributed by atoms with Crippen LogP contribution in [0.3, 0.4) is 0 Å². The molecule has 0 aliphatic rings. The van der Waals surface area contributed by atoms with E-state index in [1.54, 1.807) is 13.1 Å². The first-order valence-corrected chi connectivity index (χ1v) is 5.87. The van der Waals surface area contributed by atoms with E-state index in [1.165, 1.54) is 12.1 Å². The smallest absolute Gasteiger partial charge is 0.161 e. The first-order chi connectivity index (χ1) is 8.08. The lowest BCUT2D eigenvalue weighted by Crippen LogP contribution is -1.98.